The molecule has 4 N–H and O–H groups in total. The number of fused-ring (bicyclic) bond motifs is 2. The first-order chi connectivity index (χ1) is 8.78. The quantitative estimate of drug-likeness (QED) is 0.729. The van der Waals surface area contributed by atoms with Gasteiger partial charge in [0.05, 0.1) is 24.2 Å². The third kappa shape index (κ3) is 1.89. The van der Waals surface area contributed by atoms with Crippen molar-refractivity contribution >= 4 is 11.0 Å². The van der Waals surface area contributed by atoms with Gasteiger partial charge >= 0.3 is 0 Å². The summed E-state index contributed by atoms with van der Waals surface area (Å²) in [5.41, 5.74) is 6.95. The maximum atomic E-state index is 9.66. The molecule has 1 aliphatic heterocycles. The molecule has 0 radical (unpaired) electrons. The number of benzene rings is 1. The Bertz CT molecular complexity index is 524. The highest BCUT2D eigenvalue weighted by molar-refractivity contribution is 5.79. The average Bonchev–Trinajstić information content (AvgIpc) is 2.66. The van der Waals surface area contributed by atoms with E-state index in [4.69, 9.17) is 15.2 Å². The fourth-order valence-corrected chi connectivity index (χ4v) is 1.96. The molecule has 1 aliphatic rings. The number of hydrogen-bond acceptors (Lipinski definition) is 5. The van der Waals surface area contributed by atoms with Gasteiger partial charge in [0.2, 0.25) is 0 Å². The molecule has 1 aromatic heterocycles. The highest BCUT2D eigenvalue weighted by Gasteiger charge is 2.16. The van der Waals surface area contributed by atoms with E-state index < -0.39 is 6.10 Å². The largest absolute Gasteiger partial charge is 0.489 e. The topological polar surface area (TPSA) is 93.4 Å². The van der Waals surface area contributed by atoms with Gasteiger partial charge in [-0.1, -0.05) is 0 Å². The van der Waals surface area contributed by atoms with Crippen molar-refractivity contribution in [2.45, 2.75) is 12.5 Å². The van der Waals surface area contributed by atoms with Crippen LogP contribution < -0.4 is 15.2 Å². The third-order valence-corrected chi connectivity index (χ3v) is 2.91. The number of nitrogens with one attached hydrogen (secondary N) is 1. The van der Waals surface area contributed by atoms with E-state index in [1.807, 2.05) is 12.1 Å². The summed E-state index contributed by atoms with van der Waals surface area (Å²) in [4.78, 5) is 7.34. The average molecular weight is 249 g/mol. The molecule has 1 aromatic carbocycles. The number of hydrogen-bond donors (Lipinski definition) is 3. The molecule has 0 amide bonds. The maximum Gasteiger partial charge on any atom is 0.163 e. The van der Waals surface area contributed by atoms with Crippen LogP contribution in [0.5, 0.6) is 11.5 Å². The first kappa shape index (κ1) is 11.3. The number of aliphatic hydroxyl groups excluding tert-OH is 1. The lowest BCUT2D eigenvalue weighted by Crippen LogP contribution is -2.12. The molecule has 3 rings (SSSR count). The molecule has 0 spiro atoms. The van der Waals surface area contributed by atoms with Crippen LogP contribution in [0.15, 0.2) is 12.1 Å². The molecule has 0 bridgehead atoms. The summed E-state index contributed by atoms with van der Waals surface area (Å²) in [6.07, 6.45) is 0.0896. The number of nitrogens with two attached hydrogens (primary N) is 1. The summed E-state index contributed by atoms with van der Waals surface area (Å²) >= 11 is 0. The van der Waals surface area contributed by atoms with E-state index in [0.717, 1.165) is 17.5 Å². The molecule has 0 saturated carbocycles. The molecule has 0 saturated heterocycles. The second-order valence-electron chi connectivity index (χ2n) is 4.24. The van der Waals surface area contributed by atoms with E-state index in [-0.39, 0.29) is 6.54 Å². The van der Waals surface area contributed by atoms with Crippen LogP contribution in [0, 0.1) is 0 Å². The van der Waals surface area contributed by atoms with Gasteiger partial charge in [-0.2, -0.15) is 0 Å². The Hall–Kier alpha value is -1.79. The van der Waals surface area contributed by atoms with Crippen LogP contribution in [-0.2, 0) is 0 Å². The lowest BCUT2D eigenvalue weighted by Gasteiger charge is -2.05. The predicted octanol–water partition coefficient (Wildman–Crippen LogP) is 0.716. The molecule has 0 fully saturated rings. The van der Waals surface area contributed by atoms with Gasteiger partial charge in [-0.05, 0) is 0 Å². The van der Waals surface area contributed by atoms with Crippen molar-refractivity contribution in [2.24, 2.45) is 5.73 Å². The Morgan fingerprint density at radius 2 is 2.06 bits per heavy atom. The fraction of sp³-hybridized carbons (Fsp3) is 0.417. The molecular weight excluding hydrogens is 234 g/mol. The number of nitrogens with zero attached hydrogens (tertiary/aromatic N) is 1. The van der Waals surface area contributed by atoms with Crippen LogP contribution in [0.25, 0.3) is 11.0 Å². The van der Waals surface area contributed by atoms with Gasteiger partial charge in [0.1, 0.15) is 11.9 Å². The van der Waals surface area contributed by atoms with Crippen molar-refractivity contribution in [1.82, 2.24) is 9.97 Å². The second-order valence-corrected chi connectivity index (χ2v) is 4.24. The number of ether oxygens (including phenoxy) is 2. The van der Waals surface area contributed by atoms with Gasteiger partial charge in [0.15, 0.2) is 11.5 Å². The van der Waals surface area contributed by atoms with Gasteiger partial charge in [-0.25, -0.2) is 4.98 Å². The molecule has 2 aromatic rings. The Kier molecular flexibility index (Phi) is 2.81. The Morgan fingerprint density at radius 3 is 2.78 bits per heavy atom. The van der Waals surface area contributed by atoms with Crippen LogP contribution in [0.3, 0.4) is 0 Å². The lowest BCUT2D eigenvalue weighted by atomic mass is 10.3. The SMILES string of the molecule is NCC(O)c1nc2cc3c(cc2[nH]1)OCCCO3. The van der Waals surface area contributed by atoms with Gasteiger partial charge in [0, 0.05) is 25.1 Å². The number of aromatic amines is 1. The zero-order valence-corrected chi connectivity index (χ0v) is 9.85. The van der Waals surface area contributed by atoms with Gasteiger partial charge < -0.3 is 25.3 Å². The molecule has 6 nitrogen and oxygen atoms in total. The van der Waals surface area contributed by atoms with Crippen molar-refractivity contribution in [3.8, 4) is 11.5 Å². The maximum absolute atomic E-state index is 9.66. The minimum atomic E-state index is -0.779. The lowest BCUT2D eigenvalue weighted by molar-refractivity contribution is 0.178. The molecule has 18 heavy (non-hydrogen) atoms. The summed E-state index contributed by atoms with van der Waals surface area (Å²) in [5.74, 6) is 1.87. The standard InChI is InChI=1S/C12H15N3O3/c13-6-9(16)12-14-7-4-10-11(5-8(7)15-12)18-3-1-2-17-10/h4-5,9,16H,1-3,6,13H2,(H,14,15). The van der Waals surface area contributed by atoms with Gasteiger partial charge in [-0.15, -0.1) is 0 Å². The monoisotopic (exact) mass is 249 g/mol. The molecule has 1 unspecified atom stereocenters. The number of H-pyrrole nitrogens is 1. The fourth-order valence-electron chi connectivity index (χ4n) is 1.96. The Labute approximate surface area is 104 Å². The van der Waals surface area contributed by atoms with E-state index >= 15 is 0 Å². The molecule has 2 heterocycles. The van der Waals surface area contributed by atoms with Crippen molar-refractivity contribution in [3.63, 3.8) is 0 Å². The first-order valence-corrected chi connectivity index (χ1v) is 5.95. The van der Waals surface area contributed by atoms with E-state index in [2.05, 4.69) is 9.97 Å². The van der Waals surface area contributed by atoms with Crippen LogP contribution in [-0.4, -0.2) is 34.8 Å². The summed E-state index contributed by atoms with van der Waals surface area (Å²) < 4.78 is 11.2. The molecule has 0 aliphatic carbocycles. The Morgan fingerprint density at radius 1 is 1.33 bits per heavy atom. The van der Waals surface area contributed by atoms with Crippen molar-refractivity contribution in [1.29, 1.82) is 0 Å². The van der Waals surface area contributed by atoms with E-state index in [9.17, 15) is 5.11 Å². The summed E-state index contributed by atoms with van der Waals surface area (Å²) in [5, 5.41) is 9.66. The van der Waals surface area contributed by atoms with Gasteiger partial charge in [0.25, 0.3) is 0 Å². The molecule has 96 valence electrons. The predicted molar refractivity (Wildman–Crippen MR) is 65.7 cm³/mol. The van der Waals surface area contributed by atoms with Crippen LogP contribution in [0.1, 0.15) is 18.3 Å². The van der Waals surface area contributed by atoms with Gasteiger partial charge in [-0.3, -0.25) is 0 Å². The minimum absolute atomic E-state index is 0.131. The summed E-state index contributed by atoms with van der Waals surface area (Å²) in [7, 11) is 0. The minimum Gasteiger partial charge on any atom is -0.489 e. The highest BCUT2D eigenvalue weighted by atomic mass is 16.5. The van der Waals surface area contributed by atoms with Crippen LogP contribution >= 0.6 is 0 Å². The molecule has 1 atom stereocenters. The number of aliphatic hydroxyl groups is 1. The molecular formula is C12H15N3O3. The second kappa shape index (κ2) is 4.47. The van der Waals surface area contributed by atoms with Crippen molar-refractivity contribution in [2.75, 3.05) is 19.8 Å². The highest BCUT2D eigenvalue weighted by Crippen LogP contribution is 2.33. The van der Waals surface area contributed by atoms with E-state index in [1.165, 1.54) is 0 Å². The molecule has 6 heteroatoms. The summed E-state index contributed by atoms with van der Waals surface area (Å²) in [6, 6.07) is 3.66. The number of rotatable bonds is 2. The smallest absolute Gasteiger partial charge is 0.163 e. The van der Waals surface area contributed by atoms with Crippen molar-refractivity contribution in [3.05, 3.63) is 18.0 Å². The van der Waals surface area contributed by atoms with Crippen molar-refractivity contribution < 1.29 is 14.6 Å². The first-order valence-electron chi connectivity index (χ1n) is 5.95. The number of aromatic nitrogens is 2. The van der Waals surface area contributed by atoms with E-state index in [0.29, 0.717) is 30.5 Å². The number of imidazole rings is 1. The van der Waals surface area contributed by atoms with E-state index in [1.54, 1.807) is 0 Å². The Balaban J connectivity index is 2.06. The van der Waals surface area contributed by atoms with Crippen LogP contribution in [0.4, 0.5) is 0 Å². The third-order valence-electron chi connectivity index (χ3n) is 2.91. The summed E-state index contributed by atoms with van der Waals surface area (Å²) in [6.45, 7) is 1.42. The zero-order chi connectivity index (χ0) is 12.5. The van der Waals surface area contributed by atoms with Crippen LogP contribution in [0.2, 0.25) is 0 Å². The zero-order valence-electron chi connectivity index (χ0n) is 9.85. The normalized spacial score (nSPS) is 16.6.